The number of amides is 1. The third-order valence-corrected chi connectivity index (χ3v) is 4.43. The molecule has 2 fully saturated rings. The topological polar surface area (TPSA) is 70.2 Å². The minimum atomic E-state index is -0.267. The summed E-state index contributed by atoms with van der Waals surface area (Å²) in [4.78, 5) is 40.8. The first-order chi connectivity index (χ1) is 9.68. The lowest BCUT2D eigenvalue weighted by atomic mass is 9.95. The standard InChI is InChI=1S/C15H18N2O3/c18-13-5-1-3-10(13)12-4-2-8-17(12)15(20)11-9-16-7-6-14(11)19/h6-7,9-10,12H,1-5,8H2,(H,16,19). The van der Waals surface area contributed by atoms with Gasteiger partial charge in [-0.15, -0.1) is 0 Å². The van der Waals surface area contributed by atoms with Crippen LogP contribution < -0.4 is 5.43 Å². The number of likely N-dealkylation sites (tertiary alicyclic amines) is 1. The summed E-state index contributed by atoms with van der Waals surface area (Å²) in [5.74, 6) is 0.00923. The van der Waals surface area contributed by atoms with Gasteiger partial charge in [0.25, 0.3) is 5.91 Å². The van der Waals surface area contributed by atoms with Crippen LogP contribution in [-0.4, -0.2) is 34.2 Å². The summed E-state index contributed by atoms with van der Waals surface area (Å²) in [5, 5.41) is 0. The van der Waals surface area contributed by atoms with Crippen molar-refractivity contribution in [2.75, 3.05) is 6.54 Å². The number of H-pyrrole nitrogens is 1. The molecule has 1 N–H and O–H groups in total. The third kappa shape index (κ3) is 2.17. The van der Waals surface area contributed by atoms with Crippen molar-refractivity contribution in [2.24, 2.45) is 5.92 Å². The van der Waals surface area contributed by atoms with Crippen LogP contribution in [0.1, 0.15) is 42.5 Å². The number of nitrogens with one attached hydrogen (secondary N) is 1. The molecule has 1 saturated heterocycles. The zero-order valence-electron chi connectivity index (χ0n) is 11.3. The molecular weight excluding hydrogens is 256 g/mol. The maximum atomic E-state index is 12.5. The van der Waals surface area contributed by atoms with E-state index >= 15 is 0 Å². The first-order valence-electron chi connectivity index (χ1n) is 7.19. The van der Waals surface area contributed by atoms with Gasteiger partial charge in [0, 0.05) is 43.4 Å². The number of hydrogen-bond acceptors (Lipinski definition) is 3. The molecule has 1 saturated carbocycles. The average Bonchev–Trinajstić information content (AvgIpc) is 3.06. The van der Waals surface area contributed by atoms with Gasteiger partial charge in [-0.3, -0.25) is 14.4 Å². The highest BCUT2D eigenvalue weighted by atomic mass is 16.2. The molecule has 2 atom stereocenters. The van der Waals surface area contributed by atoms with Crippen molar-refractivity contribution in [2.45, 2.75) is 38.1 Å². The number of aromatic nitrogens is 1. The molecule has 1 aromatic rings. The zero-order chi connectivity index (χ0) is 14.1. The van der Waals surface area contributed by atoms with E-state index in [4.69, 9.17) is 0 Å². The zero-order valence-corrected chi connectivity index (χ0v) is 11.3. The number of carbonyl (C=O) groups excluding carboxylic acids is 2. The SMILES string of the molecule is O=C1CCCC1C1CCCN1C(=O)c1c[nH]ccc1=O. The Morgan fingerprint density at radius 3 is 2.80 bits per heavy atom. The quantitative estimate of drug-likeness (QED) is 0.885. The van der Waals surface area contributed by atoms with Gasteiger partial charge in [0.2, 0.25) is 0 Å². The van der Waals surface area contributed by atoms with Gasteiger partial charge in [-0.05, 0) is 25.7 Å². The molecular formula is C15H18N2O3. The molecule has 0 aromatic carbocycles. The molecule has 1 aromatic heterocycles. The monoisotopic (exact) mass is 274 g/mol. The fraction of sp³-hybridized carbons (Fsp3) is 0.533. The Bertz CT molecular complexity index is 593. The van der Waals surface area contributed by atoms with Crippen LogP contribution in [0, 0.1) is 5.92 Å². The molecule has 2 heterocycles. The predicted molar refractivity (Wildman–Crippen MR) is 73.5 cm³/mol. The Hall–Kier alpha value is -1.91. The summed E-state index contributed by atoms with van der Waals surface area (Å²) in [7, 11) is 0. The van der Waals surface area contributed by atoms with Gasteiger partial charge in [0.1, 0.15) is 11.3 Å². The second kappa shape index (κ2) is 5.23. The second-order valence-corrected chi connectivity index (χ2v) is 5.60. The van der Waals surface area contributed by atoms with E-state index < -0.39 is 0 Å². The van der Waals surface area contributed by atoms with Crippen LogP contribution in [0.3, 0.4) is 0 Å². The molecule has 1 aliphatic carbocycles. The normalized spacial score (nSPS) is 26.2. The molecule has 0 radical (unpaired) electrons. The summed E-state index contributed by atoms with van der Waals surface area (Å²) in [6.45, 7) is 0.640. The van der Waals surface area contributed by atoms with Crippen molar-refractivity contribution in [3.05, 3.63) is 34.2 Å². The molecule has 3 rings (SSSR count). The Labute approximate surface area is 117 Å². The van der Waals surface area contributed by atoms with Gasteiger partial charge in [0.05, 0.1) is 0 Å². The molecule has 2 unspecified atom stereocenters. The summed E-state index contributed by atoms with van der Waals surface area (Å²) in [6.07, 6.45) is 7.18. The molecule has 2 aliphatic rings. The average molecular weight is 274 g/mol. The summed E-state index contributed by atoms with van der Waals surface area (Å²) in [5.41, 5.74) is -0.0954. The number of pyridine rings is 1. The molecule has 20 heavy (non-hydrogen) atoms. The van der Waals surface area contributed by atoms with E-state index in [1.54, 1.807) is 4.90 Å². The van der Waals surface area contributed by atoms with E-state index in [1.165, 1.54) is 18.5 Å². The fourth-order valence-corrected chi connectivity index (χ4v) is 3.45. The van der Waals surface area contributed by atoms with Gasteiger partial charge in [-0.25, -0.2) is 0 Å². The van der Waals surface area contributed by atoms with E-state index in [2.05, 4.69) is 4.98 Å². The highest BCUT2D eigenvalue weighted by Gasteiger charge is 2.40. The lowest BCUT2D eigenvalue weighted by Crippen LogP contribution is -2.42. The summed E-state index contributed by atoms with van der Waals surface area (Å²) < 4.78 is 0. The lowest BCUT2D eigenvalue weighted by Gasteiger charge is -2.28. The van der Waals surface area contributed by atoms with E-state index in [0.717, 1.165) is 25.7 Å². The first-order valence-corrected chi connectivity index (χ1v) is 7.19. The number of rotatable bonds is 2. The number of aromatic amines is 1. The number of ketones is 1. The Morgan fingerprint density at radius 1 is 1.25 bits per heavy atom. The van der Waals surface area contributed by atoms with E-state index in [0.29, 0.717) is 13.0 Å². The second-order valence-electron chi connectivity index (χ2n) is 5.60. The Kier molecular flexibility index (Phi) is 3.42. The maximum absolute atomic E-state index is 12.5. The number of Topliss-reactive ketones (excluding diaryl/α,β-unsaturated/α-hetero) is 1. The molecule has 0 bridgehead atoms. The minimum Gasteiger partial charge on any atom is -0.367 e. The van der Waals surface area contributed by atoms with Crippen molar-refractivity contribution < 1.29 is 9.59 Å². The van der Waals surface area contributed by atoms with Crippen LogP contribution in [-0.2, 0) is 4.79 Å². The number of nitrogens with zero attached hydrogens (tertiary/aromatic N) is 1. The third-order valence-electron chi connectivity index (χ3n) is 4.43. The van der Waals surface area contributed by atoms with Crippen molar-refractivity contribution in [3.8, 4) is 0 Å². The summed E-state index contributed by atoms with van der Waals surface area (Å²) >= 11 is 0. The van der Waals surface area contributed by atoms with Crippen molar-refractivity contribution >= 4 is 11.7 Å². The van der Waals surface area contributed by atoms with Crippen LogP contribution in [0.4, 0.5) is 0 Å². The molecule has 0 spiro atoms. The van der Waals surface area contributed by atoms with E-state index in [9.17, 15) is 14.4 Å². The smallest absolute Gasteiger partial charge is 0.259 e. The highest BCUT2D eigenvalue weighted by molar-refractivity contribution is 5.95. The van der Waals surface area contributed by atoms with Gasteiger partial charge in [-0.1, -0.05) is 0 Å². The maximum Gasteiger partial charge on any atom is 0.259 e. The van der Waals surface area contributed by atoms with Gasteiger partial charge in [0.15, 0.2) is 5.43 Å². The van der Waals surface area contributed by atoms with E-state index in [-0.39, 0.29) is 34.6 Å². The Balaban J connectivity index is 1.85. The van der Waals surface area contributed by atoms with Crippen LogP contribution in [0.15, 0.2) is 23.3 Å². The molecule has 1 amide bonds. The Morgan fingerprint density at radius 2 is 2.10 bits per heavy atom. The fourth-order valence-electron chi connectivity index (χ4n) is 3.45. The lowest BCUT2D eigenvalue weighted by molar-refractivity contribution is -0.121. The first kappa shape index (κ1) is 13.1. The van der Waals surface area contributed by atoms with Gasteiger partial charge in [-0.2, -0.15) is 0 Å². The van der Waals surface area contributed by atoms with Crippen molar-refractivity contribution in [1.82, 2.24) is 9.88 Å². The molecule has 106 valence electrons. The van der Waals surface area contributed by atoms with Gasteiger partial charge < -0.3 is 9.88 Å². The van der Waals surface area contributed by atoms with Gasteiger partial charge >= 0.3 is 0 Å². The van der Waals surface area contributed by atoms with Crippen LogP contribution in [0.2, 0.25) is 0 Å². The number of carbonyl (C=O) groups is 2. The molecule has 5 nitrogen and oxygen atoms in total. The largest absolute Gasteiger partial charge is 0.367 e. The van der Waals surface area contributed by atoms with Crippen LogP contribution in [0.25, 0.3) is 0 Å². The molecule has 5 heteroatoms. The molecule has 1 aliphatic heterocycles. The van der Waals surface area contributed by atoms with Crippen LogP contribution >= 0.6 is 0 Å². The summed E-state index contributed by atoms with van der Waals surface area (Å²) in [6, 6.07) is 1.34. The van der Waals surface area contributed by atoms with Crippen LogP contribution in [0.5, 0.6) is 0 Å². The highest BCUT2D eigenvalue weighted by Crippen LogP contribution is 2.33. The predicted octanol–water partition coefficient (Wildman–Crippen LogP) is 1.35. The minimum absolute atomic E-state index is 0.0166. The number of hydrogen-bond donors (Lipinski definition) is 1. The van der Waals surface area contributed by atoms with E-state index in [1.807, 2.05) is 0 Å². The van der Waals surface area contributed by atoms with Crippen molar-refractivity contribution in [1.29, 1.82) is 0 Å². The van der Waals surface area contributed by atoms with Crippen molar-refractivity contribution in [3.63, 3.8) is 0 Å².